The van der Waals surface area contributed by atoms with Crippen LogP contribution in [0.5, 0.6) is 5.75 Å². The molecule has 1 rings (SSSR count). The summed E-state index contributed by atoms with van der Waals surface area (Å²) in [4.78, 5) is 12.0. The van der Waals surface area contributed by atoms with Gasteiger partial charge < -0.3 is 14.6 Å². The van der Waals surface area contributed by atoms with E-state index in [1.807, 2.05) is 6.92 Å². The summed E-state index contributed by atoms with van der Waals surface area (Å²) in [5.74, 6) is -0.0380. The topological polar surface area (TPSA) is 55.8 Å². The van der Waals surface area contributed by atoms with Crippen LogP contribution in [0.15, 0.2) is 30.0 Å². The third kappa shape index (κ3) is 6.84. The van der Waals surface area contributed by atoms with Gasteiger partial charge in [-0.15, -0.1) is 0 Å². The Morgan fingerprint density at radius 3 is 2.19 bits per heavy atom. The Morgan fingerprint density at radius 2 is 1.62 bits per heavy atom. The van der Waals surface area contributed by atoms with E-state index in [2.05, 4.69) is 6.92 Å². The molecular formula is C17H24O4. The van der Waals surface area contributed by atoms with Gasteiger partial charge in [-0.2, -0.15) is 0 Å². The summed E-state index contributed by atoms with van der Waals surface area (Å²) < 4.78 is 10.7. The van der Waals surface area contributed by atoms with Crippen molar-refractivity contribution in [2.45, 2.75) is 39.5 Å². The van der Waals surface area contributed by atoms with Gasteiger partial charge in [0.1, 0.15) is 5.75 Å². The molecule has 0 fully saturated rings. The van der Waals surface area contributed by atoms with Crippen LogP contribution < -0.4 is 0 Å². The fourth-order valence-electron chi connectivity index (χ4n) is 1.59. The van der Waals surface area contributed by atoms with Crippen molar-refractivity contribution in [3.8, 4) is 5.75 Å². The van der Waals surface area contributed by atoms with Crippen LogP contribution in [0.1, 0.15) is 45.1 Å². The largest absolute Gasteiger partial charge is 0.508 e. The minimum absolute atomic E-state index is 0.186. The molecule has 116 valence electrons. The molecule has 0 aliphatic rings. The van der Waals surface area contributed by atoms with Crippen molar-refractivity contribution in [1.29, 1.82) is 0 Å². The lowest BCUT2D eigenvalue weighted by atomic mass is 10.2. The number of unbranched alkanes of at least 4 members (excludes halogenated alkanes) is 2. The number of carbonyl (C=O) groups excluding carboxylic acids is 1. The van der Waals surface area contributed by atoms with Gasteiger partial charge in [-0.25, -0.2) is 4.79 Å². The van der Waals surface area contributed by atoms with E-state index in [0.29, 0.717) is 13.2 Å². The number of rotatable bonds is 9. The Morgan fingerprint density at radius 1 is 1.05 bits per heavy atom. The summed E-state index contributed by atoms with van der Waals surface area (Å²) in [6.45, 7) is 4.99. The van der Waals surface area contributed by atoms with E-state index < -0.39 is 5.97 Å². The molecule has 1 aromatic carbocycles. The second kappa shape index (κ2) is 9.86. The molecular weight excluding hydrogens is 268 g/mol. The Labute approximate surface area is 126 Å². The molecule has 4 nitrogen and oxygen atoms in total. The quantitative estimate of drug-likeness (QED) is 0.325. The molecule has 0 spiro atoms. The fourth-order valence-corrected chi connectivity index (χ4v) is 1.59. The first-order chi connectivity index (χ1) is 10.2. The summed E-state index contributed by atoms with van der Waals surface area (Å²) in [5.41, 5.74) is 0.784. The Balaban J connectivity index is 2.74. The van der Waals surface area contributed by atoms with Crippen LogP contribution in [-0.4, -0.2) is 24.3 Å². The smallest absolute Gasteiger partial charge is 0.373 e. The van der Waals surface area contributed by atoms with Crippen LogP contribution in [0.4, 0.5) is 0 Å². The highest BCUT2D eigenvalue weighted by Gasteiger charge is 2.12. The van der Waals surface area contributed by atoms with E-state index in [1.54, 1.807) is 30.3 Å². The van der Waals surface area contributed by atoms with Crippen molar-refractivity contribution >= 4 is 12.0 Å². The van der Waals surface area contributed by atoms with Crippen LogP contribution in [0.3, 0.4) is 0 Å². The number of ether oxygens (including phenoxy) is 2. The van der Waals surface area contributed by atoms with E-state index in [1.165, 1.54) is 0 Å². The van der Waals surface area contributed by atoms with Gasteiger partial charge in [0.2, 0.25) is 5.76 Å². The SMILES string of the molecule is CCCCOC(=O)/C(=C/c1ccc(O)cc1)OCCCC. The zero-order valence-electron chi connectivity index (χ0n) is 12.8. The van der Waals surface area contributed by atoms with E-state index in [0.717, 1.165) is 31.2 Å². The normalized spacial score (nSPS) is 11.2. The van der Waals surface area contributed by atoms with Crippen molar-refractivity contribution < 1.29 is 19.4 Å². The van der Waals surface area contributed by atoms with Gasteiger partial charge in [0.25, 0.3) is 0 Å². The predicted octanol–water partition coefficient (Wildman–Crippen LogP) is 3.89. The minimum Gasteiger partial charge on any atom is -0.508 e. The maximum atomic E-state index is 12.0. The van der Waals surface area contributed by atoms with Gasteiger partial charge in [-0.1, -0.05) is 38.8 Å². The molecule has 21 heavy (non-hydrogen) atoms. The number of phenolic OH excluding ortho intramolecular Hbond substituents is 1. The first-order valence-corrected chi connectivity index (χ1v) is 7.48. The maximum absolute atomic E-state index is 12.0. The van der Waals surface area contributed by atoms with Gasteiger partial charge >= 0.3 is 5.97 Å². The average molecular weight is 292 g/mol. The molecule has 0 aliphatic heterocycles. The summed E-state index contributed by atoms with van der Waals surface area (Å²) in [7, 11) is 0. The number of esters is 1. The maximum Gasteiger partial charge on any atom is 0.373 e. The molecule has 0 unspecified atom stereocenters. The highest BCUT2D eigenvalue weighted by molar-refractivity contribution is 5.91. The van der Waals surface area contributed by atoms with E-state index in [-0.39, 0.29) is 11.5 Å². The van der Waals surface area contributed by atoms with Gasteiger partial charge in [-0.05, 0) is 36.6 Å². The highest BCUT2D eigenvalue weighted by atomic mass is 16.6. The number of hydrogen-bond acceptors (Lipinski definition) is 4. The van der Waals surface area contributed by atoms with E-state index >= 15 is 0 Å². The lowest BCUT2D eigenvalue weighted by molar-refractivity contribution is -0.143. The molecule has 0 radical (unpaired) electrons. The number of benzene rings is 1. The monoisotopic (exact) mass is 292 g/mol. The Bertz CT molecular complexity index is 448. The number of hydrogen-bond donors (Lipinski definition) is 1. The molecule has 4 heteroatoms. The first kappa shape index (κ1) is 17.1. The zero-order chi connectivity index (χ0) is 15.5. The van der Waals surface area contributed by atoms with Crippen molar-refractivity contribution in [3.05, 3.63) is 35.6 Å². The molecule has 0 bridgehead atoms. The second-order valence-corrected chi connectivity index (χ2v) is 4.79. The molecule has 0 aliphatic carbocycles. The standard InChI is InChI=1S/C17H24O4/c1-3-5-11-20-16(17(19)21-12-6-4-2)13-14-7-9-15(18)10-8-14/h7-10,13,18H,3-6,11-12H2,1-2H3/b16-13-. The highest BCUT2D eigenvalue weighted by Crippen LogP contribution is 2.14. The van der Waals surface area contributed by atoms with Crippen LogP contribution in [-0.2, 0) is 14.3 Å². The predicted molar refractivity (Wildman–Crippen MR) is 82.8 cm³/mol. The number of aromatic hydroxyl groups is 1. The second-order valence-electron chi connectivity index (χ2n) is 4.79. The van der Waals surface area contributed by atoms with Gasteiger partial charge in [0.05, 0.1) is 13.2 Å². The van der Waals surface area contributed by atoms with Crippen molar-refractivity contribution in [3.63, 3.8) is 0 Å². The van der Waals surface area contributed by atoms with Crippen molar-refractivity contribution in [1.82, 2.24) is 0 Å². The van der Waals surface area contributed by atoms with Gasteiger partial charge in [-0.3, -0.25) is 0 Å². The summed E-state index contributed by atoms with van der Waals surface area (Å²) in [6, 6.07) is 6.57. The molecule has 1 N–H and O–H groups in total. The average Bonchev–Trinajstić information content (AvgIpc) is 2.48. The summed E-state index contributed by atoms with van der Waals surface area (Å²) >= 11 is 0. The molecule has 1 aromatic rings. The van der Waals surface area contributed by atoms with Crippen LogP contribution >= 0.6 is 0 Å². The number of carbonyl (C=O) groups is 1. The molecule has 0 heterocycles. The Hall–Kier alpha value is -1.97. The molecule has 0 atom stereocenters. The Kier molecular flexibility index (Phi) is 8.02. The summed E-state index contributed by atoms with van der Waals surface area (Å²) in [5, 5.41) is 9.27. The third-order valence-corrected chi connectivity index (χ3v) is 2.88. The van der Waals surface area contributed by atoms with Crippen molar-refractivity contribution in [2.24, 2.45) is 0 Å². The number of phenols is 1. The molecule has 0 saturated heterocycles. The van der Waals surface area contributed by atoms with Gasteiger partial charge in [0, 0.05) is 0 Å². The molecule has 0 saturated carbocycles. The van der Waals surface area contributed by atoms with Crippen LogP contribution in [0, 0.1) is 0 Å². The molecule has 0 aromatic heterocycles. The van der Waals surface area contributed by atoms with Crippen LogP contribution in [0.25, 0.3) is 6.08 Å². The van der Waals surface area contributed by atoms with E-state index in [9.17, 15) is 9.90 Å². The lowest BCUT2D eigenvalue weighted by Gasteiger charge is -2.10. The van der Waals surface area contributed by atoms with Gasteiger partial charge in [0.15, 0.2) is 0 Å². The van der Waals surface area contributed by atoms with E-state index in [4.69, 9.17) is 9.47 Å². The van der Waals surface area contributed by atoms with Crippen LogP contribution in [0.2, 0.25) is 0 Å². The lowest BCUT2D eigenvalue weighted by Crippen LogP contribution is -2.12. The fraction of sp³-hybridized carbons (Fsp3) is 0.471. The summed E-state index contributed by atoms with van der Waals surface area (Å²) in [6.07, 6.45) is 5.34. The molecule has 0 amide bonds. The first-order valence-electron chi connectivity index (χ1n) is 7.48. The van der Waals surface area contributed by atoms with Crippen molar-refractivity contribution in [2.75, 3.05) is 13.2 Å². The third-order valence-electron chi connectivity index (χ3n) is 2.88. The zero-order valence-corrected chi connectivity index (χ0v) is 12.8. The minimum atomic E-state index is -0.437.